The van der Waals surface area contributed by atoms with Crippen LogP contribution in [0.3, 0.4) is 0 Å². The van der Waals surface area contributed by atoms with Crippen LogP contribution in [0.4, 0.5) is 15.9 Å². The van der Waals surface area contributed by atoms with Gasteiger partial charge in [0, 0.05) is 36.3 Å². The van der Waals surface area contributed by atoms with Crippen LogP contribution < -0.4 is 15.0 Å². The fourth-order valence-corrected chi connectivity index (χ4v) is 3.66. The van der Waals surface area contributed by atoms with Crippen molar-refractivity contribution in [2.24, 2.45) is 0 Å². The number of rotatable bonds is 4. The highest BCUT2D eigenvalue weighted by atomic mass is 19.1. The Balaban J connectivity index is 1.51. The largest absolute Gasteiger partial charge is 0.494 e. The Morgan fingerprint density at radius 2 is 1.96 bits per heavy atom. The smallest absolute Gasteiger partial charge is 0.167 e. The first-order valence-electron chi connectivity index (χ1n) is 9.20. The Morgan fingerprint density at radius 1 is 1.15 bits per heavy atom. The maximum atomic E-state index is 14.0. The van der Waals surface area contributed by atoms with Gasteiger partial charge in [-0.05, 0) is 43.5 Å². The van der Waals surface area contributed by atoms with Gasteiger partial charge in [-0.15, -0.1) is 0 Å². The fourth-order valence-electron chi connectivity index (χ4n) is 3.66. The number of aromatic nitrogens is 2. The molecule has 1 aliphatic rings. The van der Waals surface area contributed by atoms with Crippen molar-refractivity contribution in [1.29, 1.82) is 0 Å². The highest BCUT2D eigenvalue weighted by Gasteiger charge is 2.22. The minimum absolute atomic E-state index is 0.217. The number of halogens is 1. The Labute approximate surface area is 158 Å². The monoisotopic (exact) mass is 366 g/mol. The highest BCUT2D eigenvalue weighted by molar-refractivity contribution is 5.90. The summed E-state index contributed by atoms with van der Waals surface area (Å²) >= 11 is 0. The van der Waals surface area contributed by atoms with Crippen LogP contribution in [0.25, 0.3) is 10.9 Å². The van der Waals surface area contributed by atoms with Crippen molar-refractivity contribution in [3.8, 4) is 5.75 Å². The number of fused-ring (bicyclic) bond motifs is 1. The van der Waals surface area contributed by atoms with Gasteiger partial charge in [0.2, 0.25) is 0 Å². The van der Waals surface area contributed by atoms with E-state index in [1.165, 1.54) is 30.8 Å². The van der Waals surface area contributed by atoms with Crippen molar-refractivity contribution in [2.75, 3.05) is 30.4 Å². The third-order valence-corrected chi connectivity index (χ3v) is 5.07. The van der Waals surface area contributed by atoms with E-state index in [1.807, 2.05) is 0 Å². The second-order valence-corrected chi connectivity index (χ2v) is 6.98. The number of hydrogen-bond acceptors (Lipinski definition) is 5. The van der Waals surface area contributed by atoms with Crippen molar-refractivity contribution in [3.05, 3.63) is 54.1 Å². The molecule has 0 spiro atoms. The Kier molecular flexibility index (Phi) is 4.79. The number of nitrogens with zero attached hydrogens (tertiary/aromatic N) is 3. The molecular weight excluding hydrogens is 343 g/mol. The molecule has 5 nitrogen and oxygen atoms in total. The molecule has 0 unspecified atom stereocenters. The summed E-state index contributed by atoms with van der Waals surface area (Å²) in [4.78, 5) is 10.9. The van der Waals surface area contributed by atoms with Crippen LogP contribution in [0.1, 0.15) is 18.4 Å². The van der Waals surface area contributed by atoms with E-state index in [0.717, 1.165) is 37.1 Å². The molecule has 3 aromatic rings. The second kappa shape index (κ2) is 7.39. The second-order valence-electron chi connectivity index (χ2n) is 6.98. The molecule has 1 fully saturated rings. The lowest BCUT2D eigenvalue weighted by Crippen LogP contribution is -2.39. The summed E-state index contributed by atoms with van der Waals surface area (Å²) in [6.45, 7) is 3.87. The molecular formula is C21H23FN4O. The lowest BCUT2D eigenvalue weighted by atomic mass is 10.0. The summed E-state index contributed by atoms with van der Waals surface area (Å²) in [5.41, 5.74) is 3.02. The SMILES string of the molecule is COc1cc2c(N3CCC(Nc4cccc(C)c4)CC3)ncnc2cc1F. The van der Waals surface area contributed by atoms with Crippen LogP contribution in [-0.4, -0.2) is 36.2 Å². The first kappa shape index (κ1) is 17.5. The van der Waals surface area contributed by atoms with Crippen LogP contribution in [0, 0.1) is 12.7 Å². The van der Waals surface area contributed by atoms with Crippen LogP contribution >= 0.6 is 0 Å². The van der Waals surface area contributed by atoms with Crippen molar-refractivity contribution in [2.45, 2.75) is 25.8 Å². The minimum Gasteiger partial charge on any atom is -0.494 e. The molecule has 0 bridgehead atoms. The number of anilines is 2. The van der Waals surface area contributed by atoms with Gasteiger partial charge in [-0.1, -0.05) is 12.1 Å². The normalized spacial score (nSPS) is 15.1. The molecule has 27 heavy (non-hydrogen) atoms. The van der Waals surface area contributed by atoms with Gasteiger partial charge >= 0.3 is 0 Å². The van der Waals surface area contributed by atoms with E-state index in [2.05, 4.69) is 51.4 Å². The number of ether oxygens (including phenoxy) is 1. The summed E-state index contributed by atoms with van der Waals surface area (Å²) in [6, 6.07) is 12.0. The minimum atomic E-state index is -0.407. The predicted octanol–water partition coefficient (Wildman–Crippen LogP) is 4.17. The number of piperidine rings is 1. The maximum Gasteiger partial charge on any atom is 0.167 e. The first-order valence-corrected chi connectivity index (χ1v) is 9.20. The van der Waals surface area contributed by atoms with E-state index in [0.29, 0.717) is 11.6 Å². The molecule has 2 aromatic carbocycles. The van der Waals surface area contributed by atoms with Crippen LogP contribution in [-0.2, 0) is 0 Å². The number of aryl methyl sites for hydroxylation is 1. The van der Waals surface area contributed by atoms with Crippen molar-refractivity contribution in [1.82, 2.24) is 9.97 Å². The van der Waals surface area contributed by atoms with Gasteiger partial charge in [-0.25, -0.2) is 14.4 Å². The quantitative estimate of drug-likeness (QED) is 0.751. The number of hydrogen-bond donors (Lipinski definition) is 1. The van der Waals surface area contributed by atoms with E-state index < -0.39 is 5.82 Å². The third-order valence-electron chi connectivity index (χ3n) is 5.07. The first-order chi connectivity index (χ1) is 13.1. The zero-order valence-corrected chi connectivity index (χ0v) is 15.6. The van der Waals surface area contributed by atoms with Crippen LogP contribution in [0.2, 0.25) is 0 Å². The molecule has 0 amide bonds. The summed E-state index contributed by atoms with van der Waals surface area (Å²) in [5, 5.41) is 4.45. The molecule has 6 heteroatoms. The zero-order valence-electron chi connectivity index (χ0n) is 15.6. The lowest BCUT2D eigenvalue weighted by molar-refractivity contribution is 0.387. The molecule has 2 heterocycles. The standard InChI is InChI=1S/C21H23FN4O/c1-14-4-3-5-16(10-14)25-15-6-8-26(9-7-15)21-17-11-20(27-2)18(22)12-19(17)23-13-24-21/h3-5,10-13,15,25H,6-9H2,1-2H3. The molecule has 1 aromatic heterocycles. The molecule has 4 rings (SSSR count). The van der Waals surface area contributed by atoms with Gasteiger partial charge in [-0.3, -0.25) is 0 Å². The fraction of sp³-hybridized carbons (Fsp3) is 0.333. The summed E-state index contributed by atoms with van der Waals surface area (Å²) in [5.74, 6) is 0.651. The molecule has 1 aliphatic heterocycles. The average molecular weight is 366 g/mol. The van der Waals surface area contributed by atoms with Crippen molar-refractivity contribution in [3.63, 3.8) is 0 Å². The van der Waals surface area contributed by atoms with Crippen LogP contribution in [0.5, 0.6) is 5.75 Å². The number of benzene rings is 2. The van der Waals surface area contributed by atoms with Gasteiger partial charge in [0.15, 0.2) is 11.6 Å². The molecule has 0 saturated carbocycles. The van der Waals surface area contributed by atoms with Gasteiger partial charge < -0.3 is 15.0 Å². The molecule has 0 aliphatic carbocycles. The topological polar surface area (TPSA) is 50.3 Å². The highest BCUT2D eigenvalue weighted by Crippen LogP contribution is 2.31. The van der Waals surface area contributed by atoms with Gasteiger partial charge in [-0.2, -0.15) is 0 Å². The summed E-state index contributed by atoms with van der Waals surface area (Å²) in [7, 11) is 1.47. The van der Waals surface area contributed by atoms with Gasteiger partial charge in [0.1, 0.15) is 12.1 Å². The van der Waals surface area contributed by atoms with Gasteiger partial charge in [0.05, 0.1) is 12.6 Å². The average Bonchev–Trinajstić information content (AvgIpc) is 2.67. The maximum absolute atomic E-state index is 14.0. The molecule has 0 radical (unpaired) electrons. The summed E-state index contributed by atoms with van der Waals surface area (Å²) in [6.07, 6.45) is 3.52. The Bertz CT molecular complexity index is 954. The van der Waals surface area contributed by atoms with E-state index in [-0.39, 0.29) is 5.75 Å². The predicted molar refractivity (Wildman–Crippen MR) is 106 cm³/mol. The number of methoxy groups -OCH3 is 1. The Hall–Kier alpha value is -2.89. The lowest BCUT2D eigenvalue weighted by Gasteiger charge is -2.34. The zero-order chi connectivity index (χ0) is 18.8. The third kappa shape index (κ3) is 3.65. The molecule has 1 N–H and O–H groups in total. The van der Waals surface area contributed by atoms with E-state index in [4.69, 9.17) is 4.74 Å². The van der Waals surface area contributed by atoms with E-state index in [9.17, 15) is 4.39 Å². The molecule has 1 saturated heterocycles. The van der Waals surface area contributed by atoms with Gasteiger partial charge in [0.25, 0.3) is 0 Å². The van der Waals surface area contributed by atoms with Crippen LogP contribution in [0.15, 0.2) is 42.7 Å². The van der Waals surface area contributed by atoms with Crippen molar-refractivity contribution < 1.29 is 9.13 Å². The Morgan fingerprint density at radius 3 is 2.70 bits per heavy atom. The summed E-state index contributed by atoms with van der Waals surface area (Å²) < 4.78 is 19.1. The van der Waals surface area contributed by atoms with Crippen molar-refractivity contribution >= 4 is 22.4 Å². The van der Waals surface area contributed by atoms with E-state index in [1.54, 1.807) is 6.07 Å². The molecule has 140 valence electrons. The molecule has 0 atom stereocenters. The van der Waals surface area contributed by atoms with E-state index >= 15 is 0 Å². The number of nitrogens with one attached hydrogen (secondary N) is 1.